The van der Waals surface area contributed by atoms with Crippen molar-refractivity contribution in [3.8, 4) is 0 Å². The second-order valence-corrected chi connectivity index (χ2v) is 6.50. The number of nitrogens with zero attached hydrogens (tertiary/aromatic N) is 4. The first-order valence-electron chi connectivity index (χ1n) is 5.52. The smallest absolute Gasteiger partial charge is 0.165 e. The highest BCUT2D eigenvalue weighted by Crippen LogP contribution is 2.41. The lowest BCUT2D eigenvalue weighted by Crippen LogP contribution is -2.21. The van der Waals surface area contributed by atoms with Crippen LogP contribution in [0.3, 0.4) is 0 Å². The van der Waals surface area contributed by atoms with Crippen LogP contribution in [0.2, 0.25) is 0 Å². The van der Waals surface area contributed by atoms with Gasteiger partial charge in [-0.2, -0.15) is 11.8 Å². The molecule has 16 heavy (non-hydrogen) atoms. The van der Waals surface area contributed by atoms with Crippen molar-refractivity contribution in [2.75, 3.05) is 18.1 Å². The van der Waals surface area contributed by atoms with Gasteiger partial charge in [-0.3, -0.25) is 0 Å². The van der Waals surface area contributed by atoms with E-state index < -0.39 is 0 Å². The standard InChI is InChI=1S/C9H17N5S2/c1-7-8(16-6-5-15-7)9-11-12-13-14(9)4-2-3-10/h7-8H,2-6,10H2,1H3. The third kappa shape index (κ3) is 2.70. The number of hydrogen-bond acceptors (Lipinski definition) is 6. The number of tetrazole rings is 1. The molecule has 2 N–H and O–H groups in total. The third-order valence-electron chi connectivity index (χ3n) is 2.58. The number of aryl methyl sites for hydroxylation is 1. The summed E-state index contributed by atoms with van der Waals surface area (Å²) in [5.41, 5.74) is 5.51. The van der Waals surface area contributed by atoms with Gasteiger partial charge >= 0.3 is 0 Å². The maximum absolute atomic E-state index is 5.51. The Labute approximate surface area is 104 Å². The maximum Gasteiger partial charge on any atom is 0.165 e. The molecule has 7 heteroatoms. The van der Waals surface area contributed by atoms with Gasteiger partial charge in [0.2, 0.25) is 0 Å². The molecule has 1 aliphatic heterocycles. The Balaban J connectivity index is 2.09. The van der Waals surface area contributed by atoms with Gasteiger partial charge in [0.1, 0.15) is 0 Å². The monoisotopic (exact) mass is 259 g/mol. The zero-order chi connectivity index (χ0) is 11.4. The van der Waals surface area contributed by atoms with E-state index in [-0.39, 0.29) is 0 Å². The number of nitrogens with two attached hydrogens (primary N) is 1. The van der Waals surface area contributed by atoms with Crippen molar-refractivity contribution in [1.82, 2.24) is 20.2 Å². The molecule has 0 aromatic carbocycles. The van der Waals surface area contributed by atoms with E-state index in [1.54, 1.807) is 0 Å². The molecular weight excluding hydrogens is 242 g/mol. The van der Waals surface area contributed by atoms with E-state index in [0.29, 0.717) is 17.0 Å². The minimum absolute atomic E-state index is 0.423. The van der Waals surface area contributed by atoms with E-state index in [2.05, 4.69) is 22.4 Å². The van der Waals surface area contributed by atoms with Crippen LogP contribution in [0, 0.1) is 0 Å². The fourth-order valence-electron chi connectivity index (χ4n) is 1.73. The minimum atomic E-state index is 0.423. The van der Waals surface area contributed by atoms with Crippen LogP contribution in [0.25, 0.3) is 0 Å². The molecule has 0 saturated carbocycles. The summed E-state index contributed by atoms with van der Waals surface area (Å²) >= 11 is 3.96. The fraction of sp³-hybridized carbons (Fsp3) is 0.889. The molecule has 1 aliphatic rings. The van der Waals surface area contributed by atoms with E-state index in [9.17, 15) is 0 Å². The average Bonchev–Trinajstić information content (AvgIpc) is 2.75. The van der Waals surface area contributed by atoms with Gasteiger partial charge < -0.3 is 5.73 Å². The molecule has 5 nitrogen and oxygen atoms in total. The summed E-state index contributed by atoms with van der Waals surface area (Å²) in [6, 6.07) is 0. The summed E-state index contributed by atoms with van der Waals surface area (Å²) in [5, 5.41) is 13.0. The number of rotatable bonds is 4. The average molecular weight is 259 g/mol. The lowest BCUT2D eigenvalue weighted by Gasteiger charge is -2.26. The van der Waals surface area contributed by atoms with Crippen molar-refractivity contribution in [3.63, 3.8) is 0 Å². The molecule has 90 valence electrons. The van der Waals surface area contributed by atoms with E-state index in [0.717, 1.165) is 18.8 Å². The van der Waals surface area contributed by atoms with Crippen LogP contribution in [0.4, 0.5) is 0 Å². The largest absolute Gasteiger partial charge is 0.330 e. The maximum atomic E-state index is 5.51. The van der Waals surface area contributed by atoms with Crippen molar-refractivity contribution in [1.29, 1.82) is 0 Å². The lowest BCUT2D eigenvalue weighted by atomic mass is 10.3. The summed E-state index contributed by atoms with van der Waals surface area (Å²) in [7, 11) is 0. The lowest BCUT2D eigenvalue weighted by molar-refractivity contribution is 0.539. The molecule has 0 amide bonds. The molecule has 1 aromatic heterocycles. The van der Waals surface area contributed by atoms with E-state index in [4.69, 9.17) is 5.73 Å². The zero-order valence-electron chi connectivity index (χ0n) is 9.37. The highest BCUT2D eigenvalue weighted by atomic mass is 32.2. The molecule has 2 atom stereocenters. The Kier molecular flexibility index (Phi) is 4.48. The molecule has 0 bridgehead atoms. The van der Waals surface area contributed by atoms with E-state index >= 15 is 0 Å². The van der Waals surface area contributed by atoms with Gasteiger partial charge in [-0.1, -0.05) is 6.92 Å². The highest BCUT2D eigenvalue weighted by molar-refractivity contribution is 8.06. The van der Waals surface area contributed by atoms with Gasteiger partial charge in [0.15, 0.2) is 5.82 Å². The SMILES string of the molecule is CC1SCCSC1c1nnnn1CCCN. The quantitative estimate of drug-likeness (QED) is 0.867. The van der Waals surface area contributed by atoms with Crippen LogP contribution in [0.1, 0.15) is 24.4 Å². The summed E-state index contributed by atoms with van der Waals surface area (Å²) < 4.78 is 1.91. The first-order valence-corrected chi connectivity index (χ1v) is 7.62. The van der Waals surface area contributed by atoms with Crippen LogP contribution in [-0.2, 0) is 6.54 Å². The molecule has 1 saturated heterocycles. The van der Waals surface area contributed by atoms with Crippen LogP contribution in [-0.4, -0.2) is 43.5 Å². The minimum Gasteiger partial charge on any atom is -0.330 e. The second kappa shape index (κ2) is 5.88. The van der Waals surface area contributed by atoms with E-state index in [1.807, 2.05) is 28.2 Å². The van der Waals surface area contributed by atoms with Gasteiger partial charge in [-0.05, 0) is 23.4 Å². The molecule has 2 unspecified atom stereocenters. The molecule has 1 fully saturated rings. The number of hydrogen-bond donors (Lipinski definition) is 1. The molecule has 2 rings (SSSR count). The molecule has 0 radical (unpaired) electrons. The second-order valence-electron chi connectivity index (χ2n) is 3.77. The topological polar surface area (TPSA) is 69.6 Å². The Hall–Kier alpha value is -0.270. The summed E-state index contributed by atoms with van der Waals surface area (Å²) in [5.74, 6) is 3.42. The Morgan fingerprint density at radius 2 is 2.25 bits per heavy atom. The number of aromatic nitrogens is 4. The van der Waals surface area contributed by atoms with Gasteiger partial charge in [0.25, 0.3) is 0 Å². The first-order chi connectivity index (χ1) is 7.83. The molecule has 1 aromatic rings. The summed E-state index contributed by atoms with van der Waals surface area (Å²) in [4.78, 5) is 0. The normalized spacial score (nSPS) is 25.9. The van der Waals surface area contributed by atoms with Crippen LogP contribution >= 0.6 is 23.5 Å². The van der Waals surface area contributed by atoms with Crippen molar-refractivity contribution in [2.45, 2.75) is 30.4 Å². The van der Waals surface area contributed by atoms with Crippen LogP contribution < -0.4 is 5.73 Å². The molecular formula is C9H17N5S2. The molecule has 0 spiro atoms. The van der Waals surface area contributed by atoms with Gasteiger partial charge in [0, 0.05) is 23.3 Å². The third-order valence-corrected chi connectivity index (χ3v) is 5.66. The first kappa shape index (κ1) is 12.2. The Morgan fingerprint density at radius 3 is 3.00 bits per heavy atom. The zero-order valence-corrected chi connectivity index (χ0v) is 11.0. The van der Waals surface area contributed by atoms with Gasteiger partial charge in [-0.15, -0.1) is 16.9 Å². The summed E-state index contributed by atoms with van der Waals surface area (Å²) in [6.07, 6.45) is 0.928. The Morgan fingerprint density at radius 1 is 1.44 bits per heavy atom. The predicted molar refractivity (Wildman–Crippen MR) is 68.6 cm³/mol. The number of thioether (sulfide) groups is 2. The summed E-state index contributed by atoms with van der Waals surface area (Å²) in [6.45, 7) is 3.76. The van der Waals surface area contributed by atoms with Crippen LogP contribution in [0.15, 0.2) is 0 Å². The predicted octanol–water partition coefficient (Wildman–Crippen LogP) is 0.931. The fourth-order valence-corrected chi connectivity index (χ4v) is 4.48. The molecule has 2 heterocycles. The van der Waals surface area contributed by atoms with Crippen molar-refractivity contribution < 1.29 is 0 Å². The van der Waals surface area contributed by atoms with Crippen molar-refractivity contribution >= 4 is 23.5 Å². The van der Waals surface area contributed by atoms with Gasteiger partial charge in [-0.25, -0.2) is 4.68 Å². The van der Waals surface area contributed by atoms with Gasteiger partial charge in [0.05, 0.1) is 5.25 Å². The highest BCUT2D eigenvalue weighted by Gasteiger charge is 2.28. The van der Waals surface area contributed by atoms with Crippen LogP contribution in [0.5, 0.6) is 0 Å². The molecule has 0 aliphatic carbocycles. The van der Waals surface area contributed by atoms with Crippen molar-refractivity contribution in [2.24, 2.45) is 5.73 Å². The van der Waals surface area contributed by atoms with E-state index in [1.165, 1.54) is 11.5 Å². The van der Waals surface area contributed by atoms with Crippen molar-refractivity contribution in [3.05, 3.63) is 5.82 Å². The Bertz CT molecular complexity index is 329.